The summed E-state index contributed by atoms with van der Waals surface area (Å²) < 4.78 is 0. The molecule has 0 aromatic heterocycles. The number of nitrogens with two attached hydrogens (primary N) is 1. The van der Waals surface area contributed by atoms with E-state index in [2.05, 4.69) is 25.4 Å². The fourth-order valence-electron chi connectivity index (χ4n) is 0.670. The maximum atomic E-state index is 5.28. The molecular weight excluding hydrogens is 112 g/mol. The van der Waals surface area contributed by atoms with Crippen LogP contribution < -0.4 is 5.73 Å². The zero-order chi connectivity index (χ0) is 7.11. The molecule has 0 atom stereocenters. The molecule has 0 rings (SSSR count). The fourth-order valence-corrected chi connectivity index (χ4v) is 0.670. The quantitative estimate of drug-likeness (QED) is 0.547. The van der Waals surface area contributed by atoms with Crippen LogP contribution >= 0.6 is 0 Å². The zero-order valence-corrected chi connectivity index (χ0v) is 6.43. The standard InChI is InChI=1S/C7H17N2/c1-9(2)7-5-3-4-6-8/h4H,3,5-8H2,1-2H3. The van der Waals surface area contributed by atoms with Gasteiger partial charge in [0.25, 0.3) is 0 Å². The van der Waals surface area contributed by atoms with E-state index in [1.165, 1.54) is 6.42 Å². The maximum absolute atomic E-state index is 5.28. The second kappa shape index (κ2) is 6.05. The van der Waals surface area contributed by atoms with E-state index >= 15 is 0 Å². The summed E-state index contributed by atoms with van der Waals surface area (Å²) in [5, 5.41) is 0. The third-order valence-corrected chi connectivity index (χ3v) is 1.18. The molecule has 0 spiro atoms. The van der Waals surface area contributed by atoms with Crippen molar-refractivity contribution in [2.45, 2.75) is 12.8 Å². The molecule has 1 radical (unpaired) electrons. The molecule has 0 aliphatic heterocycles. The normalized spacial score (nSPS) is 10.7. The molecular formula is C7H17N2. The summed E-state index contributed by atoms with van der Waals surface area (Å²) in [6, 6.07) is 0. The van der Waals surface area contributed by atoms with Crippen molar-refractivity contribution in [3.63, 3.8) is 0 Å². The van der Waals surface area contributed by atoms with Gasteiger partial charge in [-0.1, -0.05) is 0 Å². The molecule has 2 nitrogen and oxygen atoms in total. The minimum Gasteiger partial charge on any atom is -0.330 e. The molecule has 0 aromatic carbocycles. The van der Waals surface area contributed by atoms with Crippen LogP contribution in [0.3, 0.4) is 0 Å². The number of rotatable bonds is 5. The Bertz CT molecular complexity index is 52.9. The van der Waals surface area contributed by atoms with Gasteiger partial charge < -0.3 is 10.6 Å². The largest absolute Gasteiger partial charge is 0.330 e. The predicted octanol–water partition coefficient (Wildman–Crippen LogP) is 0.491. The van der Waals surface area contributed by atoms with Crippen LogP contribution in [0.4, 0.5) is 0 Å². The smallest absolute Gasteiger partial charge is 0.00247 e. The first-order valence-electron chi connectivity index (χ1n) is 3.44. The molecule has 0 heterocycles. The molecule has 0 aliphatic rings. The van der Waals surface area contributed by atoms with E-state index in [0.717, 1.165) is 13.0 Å². The molecule has 0 saturated heterocycles. The highest BCUT2D eigenvalue weighted by molar-refractivity contribution is 4.64. The van der Waals surface area contributed by atoms with Gasteiger partial charge in [-0.15, -0.1) is 0 Å². The third-order valence-electron chi connectivity index (χ3n) is 1.18. The summed E-state index contributed by atoms with van der Waals surface area (Å²) >= 11 is 0. The second-order valence-electron chi connectivity index (χ2n) is 2.47. The molecule has 55 valence electrons. The summed E-state index contributed by atoms with van der Waals surface area (Å²) in [5.41, 5.74) is 5.28. The van der Waals surface area contributed by atoms with Gasteiger partial charge in [-0.3, -0.25) is 0 Å². The number of hydrogen-bond acceptors (Lipinski definition) is 2. The van der Waals surface area contributed by atoms with Crippen LogP contribution in [0.15, 0.2) is 0 Å². The molecule has 9 heavy (non-hydrogen) atoms. The van der Waals surface area contributed by atoms with E-state index in [1.807, 2.05) is 0 Å². The Morgan fingerprint density at radius 1 is 1.44 bits per heavy atom. The van der Waals surface area contributed by atoms with Crippen LogP contribution in [0, 0.1) is 6.42 Å². The van der Waals surface area contributed by atoms with Gasteiger partial charge in [0.1, 0.15) is 0 Å². The summed E-state index contributed by atoms with van der Waals surface area (Å²) in [4.78, 5) is 2.18. The molecule has 0 aliphatic carbocycles. The van der Waals surface area contributed by atoms with Crippen molar-refractivity contribution in [1.82, 2.24) is 4.90 Å². The lowest BCUT2D eigenvalue weighted by Crippen LogP contribution is -2.13. The molecule has 0 amide bonds. The topological polar surface area (TPSA) is 29.3 Å². The van der Waals surface area contributed by atoms with E-state index in [-0.39, 0.29) is 0 Å². The Hall–Kier alpha value is -0.0800. The van der Waals surface area contributed by atoms with Crippen molar-refractivity contribution in [2.24, 2.45) is 5.73 Å². The lowest BCUT2D eigenvalue weighted by atomic mass is 10.2. The summed E-state index contributed by atoms with van der Waals surface area (Å²) in [6.07, 6.45) is 4.49. The lowest BCUT2D eigenvalue weighted by Gasteiger charge is -2.07. The van der Waals surface area contributed by atoms with Crippen LogP contribution in [0.2, 0.25) is 0 Å². The third kappa shape index (κ3) is 7.92. The van der Waals surface area contributed by atoms with Crippen molar-refractivity contribution in [1.29, 1.82) is 0 Å². The van der Waals surface area contributed by atoms with Crippen LogP contribution in [0.25, 0.3) is 0 Å². The first-order valence-corrected chi connectivity index (χ1v) is 3.44. The zero-order valence-electron chi connectivity index (χ0n) is 6.43. The SMILES string of the molecule is CN(C)CCC[CH]CN. The molecule has 2 N–H and O–H groups in total. The minimum atomic E-state index is 0.716. The highest BCUT2D eigenvalue weighted by atomic mass is 15.0. The maximum Gasteiger partial charge on any atom is -0.00247 e. The molecule has 0 fully saturated rings. The Morgan fingerprint density at radius 3 is 2.56 bits per heavy atom. The van der Waals surface area contributed by atoms with E-state index < -0.39 is 0 Å². The fraction of sp³-hybridized carbons (Fsp3) is 0.857. The number of unbranched alkanes of at least 4 members (excludes halogenated alkanes) is 2. The van der Waals surface area contributed by atoms with Gasteiger partial charge >= 0.3 is 0 Å². The number of nitrogens with zero attached hydrogens (tertiary/aromatic N) is 1. The highest BCUT2D eigenvalue weighted by Gasteiger charge is 1.88. The van der Waals surface area contributed by atoms with Gasteiger partial charge in [-0.2, -0.15) is 0 Å². The van der Waals surface area contributed by atoms with Crippen molar-refractivity contribution in [3.8, 4) is 0 Å². The second-order valence-corrected chi connectivity index (χ2v) is 2.47. The van der Waals surface area contributed by atoms with Crippen molar-refractivity contribution in [3.05, 3.63) is 6.42 Å². The summed E-state index contributed by atoms with van der Waals surface area (Å²) in [7, 11) is 4.17. The van der Waals surface area contributed by atoms with Crippen LogP contribution in [0.1, 0.15) is 12.8 Å². The average molecular weight is 129 g/mol. The predicted molar refractivity (Wildman–Crippen MR) is 41.1 cm³/mol. The Morgan fingerprint density at radius 2 is 2.11 bits per heavy atom. The van der Waals surface area contributed by atoms with E-state index in [0.29, 0.717) is 6.54 Å². The van der Waals surface area contributed by atoms with Crippen molar-refractivity contribution in [2.75, 3.05) is 27.2 Å². The lowest BCUT2D eigenvalue weighted by molar-refractivity contribution is 0.399. The summed E-state index contributed by atoms with van der Waals surface area (Å²) in [5.74, 6) is 0. The van der Waals surface area contributed by atoms with Crippen molar-refractivity contribution < 1.29 is 0 Å². The highest BCUT2D eigenvalue weighted by Crippen LogP contribution is 1.92. The van der Waals surface area contributed by atoms with E-state index in [4.69, 9.17) is 5.73 Å². The van der Waals surface area contributed by atoms with Crippen LogP contribution in [-0.4, -0.2) is 32.1 Å². The first kappa shape index (κ1) is 8.92. The van der Waals surface area contributed by atoms with Gasteiger partial charge in [-0.05, 0) is 46.4 Å². The Balaban J connectivity index is 2.75. The Labute approximate surface area is 58.0 Å². The summed E-state index contributed by atoms with van der Waals surface area (Å²) in [6.45, 7) is 1.88. The Kier molecular flexibility index (Phi) is 5.99. The number of hydrogen-bond donors (Lipinski definition) is 1. The van der Waals surface area contributed by atoms with Gasteiger partial charge in [0.2, 0.25) is 0 Å². The molecule has 0 aromatic rings. The van der Waals surface area contributed by atoms with Crippen molar-refractivity contribution >= 4 is 0 Å². The average Bonchev–Trinajstić information content (AvgIpc) is 1.80. The van der Waals surface area contributed by atoms with E-state index in [9.17, 15) is 0 Å². The molecule has 0 unspecified atom stereocenters. The van der Waals surface area contributed by atoms with Crippen LogP contribution in [0.5, 0.6) is 0 Å². The monoisotopic (exact) mass is 129 g/mol. The molecule has 2 heteroatoms. The van der Waals surface area contributed by atoms with Gasteiger partial charge in [0, 0.05) is 0 Å². The van der Waals surface area contributed by atoms with Gasteiger partial charge in [-0.25, -0.2) is 0 Å². The van der Waals surface area contributed by atoms with Crippen LogP contribution in [-0.2, 0) is 0 Å². The van der Waals surface area contributed by atoms with E-state index in [1.54, 1.807) is 0 Å². The minimum absolute atomic E-state index is 0.716. The molecule has 0 saturated carbocycles. The first-order chi connectivity index (χ1) is 4.27. The molecule has 0 bridgehead atoms. The van der Waals surface area contributed by atoms with Gasteiger partial charge in [0.15, 0.2) is 0 Å². The van der Waals surface area contributed by atoms with Gasteiger partial charge in [0.05, 0.1) is 0 Å².